The van der Waals surface area contributed by atoms with E-state index in [1.54, 1.807) is 42.7 Å². The zero-order valence-electron chi connectivity index (χ0n) is 18.0. The Bertz CT molecular complexity index is 1240. The van der Waals surface area contributed by atoms with Crippen molar-refractivity contribution >= 4 is 17.4 Å². The van der Waals surface area contributed by atoms with Crippen LogP contribution in [-0.4, -0.2) is 40.9 Å². The Morgan fingerprint density at radius 3 is 2.58 bits per heavy atom. The van der Waals surface area contributed by atoms with Crippen LogP contribution in [0.4, 0.5) is 4.39 Å². The van der Waals surface area contributed by atoms with E-state index in [0.717, 1.165) is 0 Å². The zero-order valence-corrected chi connectivity index (χ0v) is 18.0. The van der Waals surface area contributed by atoms with Gasteiger partial charge in [0, 0.05) is 25.0 Å². The molecule has 0 radical (unpaired) electrons. The number of rotatable bonds is 6. The second-order valence-corrected chi connectivity index (χ2v) is 7.41. The number of ether oxygens (including phenoxy) is 2. The van der Waals surface area contributed by atoms with Crippen molar-refractivity contribution in [2.75, 3.05) is 14.2 Å². The highest BCUT2D eigenvalue weighted by atomic mass is 19.1. The van der Waals surface area contributed by atoms with Crippen LogP contribution in [0, 0.1) is 5.82 Å². The SMILES string of the molecule is COc1ccc(/C(O)=C2\C(=O)C(=O)N(Cc3cccnc3)[C@@H]2c2cccc(F)c2)c(OC)c1. The lowest BCUT2D eigenvalue weighted by atomic mass is 9.94. The van der Waals surface area contributed by atoms with Crippen LogP contribution in [0.1, 0.15) is 22.7 Å². The van der Waals surface area contributed by atoms with E-state index < -0.39 is 29.3 Å². The van der Waals surface area contributed by atoms with Crippen molar-refractivity contribution in [2.45, 2.75) is 12.6 Å². The number of likely N-dealkylation sites (tertiary alicyclic amines) is 1. The van der Waals surface area contributed by atoms with Crippen molar-refractivity contribution in [3.05, 3.63) is 95.1 Å². The van der Waals surface area contributed by atoms with Crippen LogP contribution in [0.15, 0.2) is 72.6 Å². The van der Waals surface area contributed by atoms with Gasteiger partial charge in [-0.3, -0.25) is 14.6 Å². The largest absolute Gasteiger partial charge is 0.507 e. The number of hydrogen-bond acceptors (Lipinski definition) is 6. The lowest BCUT2D eigenvalue weighted by molar-refractivity contribution is -0.140. The van der Waals surface area contributed by atoms with Gasteiger partial charge in [-0.05, 0) is 41.5 Å². The van der Waals surface area contributed by atoms with Crippen LogP contribution >= 0.6 is 0 Å². The lowest BCUT2D eigenvalue weighted by Crippen LogP contribution is -2.29. The number of benzene rings is 2. The smallest absolute Gasteiger partial charge is 0.295 e. The molecule has 0 saturated carbocycles. The third-order valence-electron chi connectivity index (χ3n) is 5.44. The maximum atomic E-state index is 14.1. The number of amides is 1. The van der Waals surface area contributed by atoms with Gasteiger partial charge >= 0.3 is 0 Å². The van der Waals surface area contributed by atoms with Crippen molar-refractivity contribution in [1.82, 2.24) is 9.88 Å². The van der Waals surface area contributed by atoms with Crippen molar-refractivity contribution in [3.8, 4) is 11.5 Å². The molecule has 4 rings (SSSR count). The fourth-order valence-corrected chi connectivity index (χ4v) is 3.89. The average molecular weight is 448 g/mol. The second-order valence-electron chi connectivity index (χ2n) is 7.41. The third kappa shape index (κ3) is 4.15. The van der Waals surface area contributed by atoms with E-state index >= 15 is 0 Å². The fraction of sp³-hybridized carbons (Fsp3) is 0.160. The van der Waals surface area contributed by atoms with E-state index in [2.05, 4.69) is 4.98 Å². The average Bonchev–Trinajstić information content (AvgIpc) is 3.08. The quantitative estimate of drug-likeness (QED) is 0.350. The van der Waals surface area contributed by atoms with E-state index in [4.69, 9.17) is 9.47 Å². The van der Waals surface area contributed by atoms with E-state index in [1.165, 1.54) is 43.4 Å². The van der Waals surface area contributed by atoms with Gasteiger partial charge in [-0.1, -0.05) is 18.2 Å². The monoisotopic (exact) mass is 448 g/mol. The summed E-state index contributed by atoms with van der Waals surface area (Å²) in [5, 5.41) is 11.2. The minimum atomic E-state index is -1.01. The number of halogens is 1. The number of aromatic nitrogens is 1. The summed E-state index contributed by atoms with van der Waals surface area (Å²) in [6.45, 7) is 0.0517. The summed E-state index contributed by atoms with van der Waals surface area (Å²) in [5.41, 5.74) is 1.09. The molecule has 8 heteroatoms. The summed E-state index contributed by atoms with van der Waals surface area (Å²) >= 11 is 0. The van der Waals surface area contributed by atoms with Gasteiger partial charge in [0.25, 0.3) is 11.7 Å². The van der Waals surface area contributed by atoms with Gasteiger partial charge in [-0.2, -0.15) is 0 Å². The zero-order chi connectivity index (χ0) is 23.5. The van der Waals surface area contributed by atoms with Crippen LogP contribution in [0.25, 0.3) is 5.76 Å². The minimum absolute atomic E-state index is 0.0517. The topological polar surface area (TPSA) is 89.0 Å². The highest BCUT2D eigenvalue weighted by Crippen LogP contribution is 2.42. The Morgan fingerprint density at radius 1 is 1.09 bits per heavy atom. The summed E-state index contributed by atoms with van der Waals surface area (Å²) in [5.74, 6) is -1.88. The van der Waals surface area contributed by atoms with E-state index in [0.29, 0.717) is 16.9 Å². The van der Waals surface area contributed by atoms with Crippen molar-refractivity contribution < 1.29 is 28.6 Å². The van der Waals surface area contributed by atoms with E-state index in [-0.39, 0.29) is 23.4 Å². The number of carbonyl (C=O) groups is 2. The summed E-state index contributed by atoms with van der Waals surface area (Å²) < 4.78 is 24.7. The Kier molecular flexibility index (Phi) is 6.08. The molecule has 3 aromatic rings. The molecule has 0 aliphatic carbocycles. The number of carbonyl (C=O) groups excluding carboxylic acids is 2. The molecule has 1 aliphatic heterocycles. The number of ketones is 1. The first-order valence-corrected chi connectivity index (χ1v) is 10.1. The molecule has 1 fully saturated rings. The molecule has 0 spiro atoms. The van der Waals surface area contributed by atoms with Crippen LogP contribution < -0.4 is 9.47 Å². The molecule has 0 bridgehead atoms. The predicted molar refractivity (Wildman–Crippen MR) is 118 cm³/mol. The molecule has 1 aromatic heterocycles. The van der Waals surface area contributed by atoms with Gasteiger partial charge in [0.05, 0.1) is 31.4 Å². The normalized spacial score (nSPS) is 17.3. The number of hydrogen-bond donors (Lipinski definition) is 1. The van der Waals surface area contributed by atoms with Crippen LogP contribution in [0.2, 0.25) is 0 Å². The highest BCUT2D eigenvalue weighted by Gasteiger charge is 2.46. The van der Waals surface area contributed by atoms with Gasteiger partial charge in [0.1, 0.15) is 23.1 Å². The summed E-state index contributed by atoms with van der Waals surface area (Å²) in [7, 11) is 2.90. The Labute approximate surface area is 189 Å². The predicted octanol–water partition coefficient (Wildman–Crippen LogP) is 3.86. The standard InChI is InChI=1S/C25H21FN2O5/c1-32-18-8-9-19(20(12-18)33-2)23(29)21-22(16-6-3-7-17(26)11-16)28(25(31)24(21)30)14-15-5-4-10-27-13-15/h3-13,22,29H,14H2,1-2H3/b23-21+/t22-/m1/s1. The number of methoxy groups -OCH3 is 2. The molecule has 33 heavy (non-hydrogen) atoms. The van der Waals surface area contributed by atoms with Gasteiger partial charge in [0.15, 0.2) is 0 Å². The summed E-state index contributed by atoms with van der Waals surface area (Å²) in [6.07, 6.45) is 3.17. The van der Waals surface area contributed by atoms with Gasteiger partial charge < -0.3 is 19.5 Å². The Balaban J connectivity index is 1.90. The number of nitrogens with zero attached hydrogens (tertiary/aromatic N) is 2. The molecule has 1 saturated heterocycles. The molecule has 1 N–H and O–H groups in total. The maximum Gasteiger partial charge on any atom is 0.295 e. The van der Waals surface area contributed by atoms with Crippen molar-refractivity contribution in [3.63, 3.8) is 0 Å². The van der Waals surface area contributed by atoms with Crippen molar-refractivity contribution in [2.24, 2.45) is 0 Å². The van der Waals surface area contributed by atoms with Gasteiger partial charge in [-0.15, -0.1) is 0 Å². The number of aliphatic hydroxyl groups is 1. The Hall–Kier alpha value is -4.20. The lowest BCUT2D eigenvalue weighted by Gasteiger charge is -2.25. The van der Waals surface area contributed by atoms with Gasteiger partial charge in [-0.25, -0.2) is 4.39 Å². The van der Waals surface area contributed by atoms with Crippen LogP contribution in [0.5, 0.6) is 11.5 Å². The number of aliphatic hydroxyl groups excluding tert-OH is 1. The van der Waals surface area contributed by atoms with E-state index in [9.17, 15) is 19.1 Å². The third-order valence-corrected chi connectivity index (χ3v) is 5.44. The molecule has 7 nitrogen and oxygen atoms in total. The first kappa shape index (κ1) is 22.0. The maximum absolute atomic E-state index is 14.1. The molecule has 0 unspecified atom stereocenters. The van der Waals surface area contributed by atoms with Crippen LogP contribution in [-0.2, 0) is 16.1 Å². The van der Waals surface area contributed by atoms with E-state index in [1.807, 2.05) is 0 Å². The number of Topliss-reactive ketones (excluding diaryl/α,β-unsaturated/α-hetero) is 1. The first-order chi connectivity index (χ1) is 15.9. The minimum Gasteiger partial charge on any atom is -0.507 e. The summed E-state index contributed by atoms with van der Waals surface area (Å²) in [6, 6.07) is 12.8. The van der Waals surface area contributed by atoms with Gasteiger partial charge in [0.2, 0.25) is 0 Å². The molecule has 2 heterocycles. The van der Waals surface area contributed by atoms with Crippen LogP contribution in [0.3, 0.4) is 0 Å². The molecule has 1 atom stereocenters. The molecule has 1 amide bonds. The summed E-state index contributed by atoms with van der Waals surface area (Å²) in [4.78, 5) is 31.5. The molecular formula is C25H21FN2O5. The molecular weight excluding hydrogens is 427 g/mol. The van der Waals surface area contributed by atoms with Crippen molar-refractivity contribution in [1.29, 1.82) is 0 Å². The molecule has 1 aliphatic rings. The Morgan fingerprint density at radius 2 is 1.91 bits per heavy atom. The number of pyridine rings is 1. The first-order valence-electron chi connectivity index (χ1n) is 10.1. The second kappa shape index (κ2) is 9.12. The highest BCUT2D eigenvalue weighted by molar-refractivity contribution is 6.46. The molecule has 2 aromatic carbocycles. The fourth-order valence-electron chi connectivity index (χ4n) is 3.89. The molecule has 168 valence electrons.